The van der Waals surface area contributed by atoms with Crippen molar-refractivity contribution in [1.82, 2.24) is 9.97 Å². The smallest absolute Gasteiger partial charge is 0.224 e. The summed E-state index contributed by atoms with van der Waals surface area (Å²) in [7, 11) is 0. The molecule has 0 N–H and O–H groups in total. The number of benzene rings is 1. The van der Waals surface area contributed by atoms with Crippen molar-refractivity contribution in [3.05, 3.63) is 46.9 Å². The maximum Gasteiger partial charge on any atom is 0.224 e. The lowest BCUT2D eigenvalue weighted by Gasteiger charge is -2.05. The summed E-state index contributed by atoms with van der Waals surface area (Å²) in [6.45, 7) is 1.73. The molecule has 0 saturated heterocycles. The second-order valence-corrected chi connectivity index (χ2v) is 3.71. The Hall–Kier alpha value is -2.12. The minimum Gasteiger partial charge on any atom is -0.439 e. The third-order valence-corrected chi connectivity index (χ3v) is 2.16. The highest BCUT2D eigenvalue weighted by Crippen LogP contribution is 2.22. The van der Waals surface area contributed by atoms with Crippen molar-refractivity contribution in [2.75, 3.05) is 0 Å². The second kappa shape index (κ2) is 4.81. The molecular weight excluding hydrogens is 238 g/mol. The van der Waals surface area contributed by atoms with Gasteiger partial charge in [0.2, 0.25) is 5.88 Å². The molecular formula is C12H8ClN3O. The minimum absolute atomic E-state index is 0.323. The summed E-state index contributed by atoms with van der Waals surface area (Å²) in [5.74, 6) is 1.43. The van der Waals surface area contributed by atoms with Crippen LogP contribution in [0.25, 0.3) is 0 Å². The van der Waals surface area contributed by atoms with Gasteiger partial charge in [-0.25, -0.2) is 4.98 Å². The Balaban J connectivity index is 2.28. The van der Waals surface area contributed by atoms with Crippen LogP contribution in [0.2, 0.25) is 5.15 Å². The van der Waals surface area contributed by atoms with E-state index in [1.54, 1.807) is 31.2 Å². The third kappa shape index (κ3) is 2.92. The minimum atomic E-state index is 0.323. The Kier molecular flexibility index (Phi) is 3.22. The third-order valence-electron chi connectivity index (χ3n) is 1.97. The molecule has 0 fully saturated rings. The van der Waals surface area contributed by atoms with Gasteiger partial charge in [-0.05, 0) is 25.1 Å². The zero-order chi connectivity index (χ0) is 12.3. The molecule has 2 rings (SSSR count). The topological polar surface area (TPSA) is 58.8 Å². The fourth-order valence-electron chi connectivity index (χ4n) is 1.31. The van der Waals surface area contributed by atoms with Gasteiger partial charge in [-0.3, -0.25) is 0 Å². The predicted molar refractivity (Wildman–Crippen MR) is 63.0 cm³/mol. The van der Waals surface area contributed by atoms with Crippen LogP contribution in [0.1, 0.15) is 11.4 Å². The first-order valence-corrected chi connectivity index (χ1v) is 5.24. The normalized spacial score (nSPS) is 9.71. The average Bonchev–Trinajstić information content (AvgIpc) is 2.28. The Morgan fingerprint density at radius 1 is 1.29 bits per heavy atom. The summed E-state index contributed by atoms with van der Waals surface area (Å²) in [5, 5.41) is 9.09. The molecule has 0 bridgehead atoms. The number of halogens is 1. The van der Waals surface area contributed by atoms with Gasteiger partial charge < -0.3 is 4.74 Å². The first-order chi connectivity index (χ1) is 8.17. The summed E-state index contributed by atoms with van der Waals surface area (Å²) in [4.78, 5) is 8.02. The number of ether oxygens (including phenoxy) is 1. The second-order valence-electron chi connectivity index (χ2n) is 3.32. The summed E-state index contributed by atoms with van der Waals surface area (Å²) in [6, 6.07) is 10.4. The molecule has 0 saturated carbocycles. The van der Waals surface area contributed by atoms with Crippen LogP contribution in [0.3, 0.4) is 0 Å². The Bertz CT molecular complexity index is 572. The van der Waals surface area contributed by atoms with Crippen LogP contribution in [-0.2, 0) is 0 Å². The van der Waals surface area contributed by atoms with E-state index in [1.807, 2.05) is 6.07 Å². The van der Waals surface area contributed by atoms with Crippen LogP contribution in [-0.4, -0.2) is 9.97 Å². The molecule has 0 radical (unpaired) electrons. The van der Waals surface area contributed by atoms with Gasteiger partial charge in [-0.2, -0.15) is 10.2 Å². The Morgan fingerprint density at radius 3 is 2.82 bits per heavy atom. The molecule has 0 aliphatic carbocycles. The largest absolute Gasteiger partial charge is 0.439 e. The summed E-state index contributed by atoms with van der Waals surface area (Å²) >= 11 is 5.79. The van der Waals surface area contributed by atoms with Crippen LogP contribution in [0.4, 0.5) is 0 Å². The molecule has 0 amide bonds. The van der Waals surface area contributed by atoms with E-state index in [1.165, 1.54) is 6.07 Å². The molecule has 17 heavy (non-hydrogen) atoms. The molecule has 1 heterocycles. The number of aryl methyl sites for hydroxylation is 1. The molecule has 0 atom stereocenters. The summed E-state index contributed by atoms with van der Waals surface area (Å²) in [6.07, 6.45) is 0. The van der Waals surface area contributed by atoms with Gasteiger partial charge in [0.05, 0.1) is 11.6 Å². The Morgan fingerprint density at radius 2 is 2.12 bits per heavy atom. The van der Waals surface area contributed by atoms with Crippen LogP contribution in [0.15, 0.2) is 30.3 Å². The van der Waals surface area contributed by atoms with E-state index in [4.69, 9.17) is 21.6 Å². The van der Waals surface area contributed by atoms with Gasteiger partial charge >= 0.3 is 0 Å². The lowest BCUT2D eigenvalue weighted by atomic mass is 10.2. The van der Waals surface area contributed by atoms with Gasteiger partial charge in [0.25, 0.3) is 0 Å². The van der Waals surface area contributed by atoms with E-state index in [-0.39, 0.29) is 0 Å². The standard InChI is InChI=1S/C12H8ClN3O/c1-8-15-11(13)6-12(16-8)17-10-4-2-3-9(5-10)7-14/h2-6H,1H3. The highest BCUT2D eigenvalue weighted by atomic mass is 35.5. The highest BCUT2D eigenvalue weighted by molar-refractivity contribution is 6.29. The fourth-order valence-corrected chi connectivity index (χ4v) is 1.52. The van der Waals surface area contributed by atoms with Crippen LogP contribution >= 0.6 is 11.6 Å². The van der Waals surface area contributed by atoms with E-state index in [0.717, 1.165) is 0 Å². The summed E-state index contributed by atoms with van der Waals surface area (Å²) < 4.78 is 5.50. The molecule has 5 heteroatoms. The monoisotopic (exact) mass is 245 g/mol. The zero-order valence-electron chi connectivity index (χ0n) is 9.01. The van der Waals surface area contributed by atoms with Crippen molar-refractivity contribution < 1.29 is 4.74 Å². The van der Waals surface area contributed by atoms with Crippen molar-refractivity contribution in [1.29, 1.82) is 5.26 Å². The van der Waals surface area contributed by atoms with Crippen molar-refractivity contribution in [2.45, 2.75) is 6.92 Å². The fraction of sp³-hybridized carbons (Fsp3) is 0.0833. The molecule has 0 aliphatic rings. The van der Waals surface area contributed by atoms with Crippen molar-refractivity contribution in [3.63, 3.8) is 0 Å². The number of aromatic nitrogens is 2. The van der Waals surface area contributed by atoms with Gasteiger partial charge in [-0.15, -0.1) is 0 Å². The SMILES string of the molecule is Cc1nc(Cl)cc(Oc2cccc(C#N)c2)n1. The maximum atomic E-state index is 8.76. The zero-order valence-corrected chi connectivity index (χ0v) is 9.77. The van der Waals surface area contributed by atoms with E-state index < -0.39 is 0 Å². The molecule has 1 aromatic heterocycles. The van der Waals surface area contributed by atoms with Crippen molar-refractivity contribution in [2.24, 2.45) is 0 Å². The van der Waals surface area contributed by atoms with Crippen LogP contribution < -0.4 is 4.74 Å². The number of hydrogen-bond donors (Lipinski definition) is 0. The average molecular weight is 246 g/mol. The molecule has 4 nitrogen and oxygen atoms in total. The number of rotatable bonds is 2. The molecule has 1 aromatic carbocycles. The molecule has 84 valence electrons. The van der Waals surface area contributed by atoms with E-state index in [2.05, 4.69) is 9.97 Å². The summed E-state index contributed by atoms with van der Waals surface area (Å²) in [5.41, 5.74) is 0.527. The van der Waals surface area contributed by atoms with E-state index in [0.29, 0.717) is 28.2 Å². The van der Waals surface area contributed by atoms with Crippen molar-refractivity contribution in [3.8, 4) is 17.7 Å². The van der Waals surface area contributed by atoms with Gasteiger partial charge in [0, 0.05) is 6.07 Å². The van der Waals surface area contributed by atoms with Gasteiger partial charge in [-0.1, -0.05) is 17.7 Å². The lowest BCUT2D eigenvalue weighted by Crippen LogP contribution is -1.93. The number of nitrogens with zero attached hydrogens (tertiary/aromatic N) is 3. The maximum absolute atomic E-state index is 8.76. The number of hydrogen-bond acceptors (Lipinski definition) is 4. The van der Waals surface area contributed by atoms with Gasteiger partial charge in [0.1, 0.15) is 16.7 Å². The quantitative estimate of drug-likeness (QED) is 0.763. The predicted octanol–water partition coefficient (Wildman–Crippen LogP) is 3.10. The molecule has 0 spiro atoms. The lowest BCUT2D eigenvalue weighted by molar-refractivity contribution is 0.459. The van der Waals surface area contributed by atoms with E-state index in [9.17, 15) is 0 Å². The first-order valence-electron chi connectivity index (χ1n) is 4.86. The first kappa shape index (κ1) is 11.4. The van der Waals surface area contributed by atoms with Crippen LogP contribution in [0, 0.1) is 18.3 Å². The van der Waals surface area contributed by atoms with Crippen LogP contribution in [0.5, 0.6) is 11.6 Å². The Labute approximate surface area is 103 Å². The molecule has 2 aromatic rings. The molecule has 0 aliphatic heterocycles. The number of nitriles is 1. The highest BCUT2D eigenvalue weighted by Gasteiger charge is 2.03. The van der Waals surface area contributed by atoms with E-state index >= 15 is 0 Å². The van der Waals surface area contributed by atoms with Crippen molar-refractivity contribution >= 4 is 11.6 Å². The molecule has 0 unspecified atom stereocenters. The van der Waals surface area contributed by atoms with Gasteiger partial charge in [0.15, 0.2) is 0 Å².